The average Bonchev–Trinajstić information content (AvgIpc) is 3.35. The molecule has 5 nitrogen and oxygen atoms in total. The maximum atomic E-state index is 12.5. The topological polar surface area (TPSA) is 75.4 Å². The van der Waals surface area contributed by atoms with Gasteiger partial charge in [-0.3, -0.25) is 9.59 Å². The standard InChI is InChI=1S/C20H27N3O2/c1-13(2)19(21)20(25)22-17(14-7-8-14)9-10-18(24)23-11-15-5-3-4-6-16(15)12-23/h3-6,9-10,13-14,17,19H,7-8,11-12,21H2,1-2H3,(H,22,25)/t17-,19+/m1/s1. The number of nitrogens with two attached hydrogens (primary N) is 1. The van der Waals surface area contributed by atoms with Crippen molar-refractivity contribution in [2.45, 2.75) is 51.9 Å². The lowest BCUT2D eigenvalue weighted by Crippen LogP contribution is -2.48. The van der Waals surface area contributed by atoms with Gasteiger partial charge in [-0.1, -0.05) is 44.2 Å². The molecule has 1 aromatic carbocycles. The van der Waals surface area contributed by atoms with E-state index in [-0.39, 0.29) is 23.8 Å². The van der Waals surface area contributed by atoms with Crippen molar-refractivity contribution in [2.75, 3.05) is 0 Å². The van der Waals surface area contributed by atoms with E-state index in [1.165, 1.54) is 11.1 Å². The summed E-state index contributed by atoms with van der Waals surface area (Å²) in [5.74, 6) is 0.360. The Balaban J connectivity index is 1.59. The Morgan fingerprint density at radius 3 is 2.32 bits per heavy atom. The predicted octanol–water partition coefficient (Wildman–Crippen LogP) is 1.96. The monoisotopic (exact) mass is 341 g/mol. The molecular weight excluding hydrogens is 314 g/mol. The fourth-order valence-electron chi connectivity index (χ4n) is 3.12. The number of hydrogen-bond donors (Lipinski definition) is 2. The highest BCUT2D eigenvalue weighted by Crippen LogP contribution is 2.33. The van der Waals surface area contributed by atoms with E-state index >= 15 is 0 Å². The summed E-state index contributed by atoms with van der Waals surface area (Å²) in [7, 11) is 0. The van der Waals surface area contributed by atoms with Crippen molar-refractivity contribution in [2.24, 2.45) is 17.6 Å². The molecule has 134 valence electrons. The van der Waals surface area contributed by atoms with E-state index in [4.69, 9.17) is 5.73 Å². The number of nitrogens with one attached hydrogen (secondary N) is 1. The Morgan fingerprint density at radius 2 is 1.80 bits per heavy atom. The summed E-state index contributed by atoms with van der Waals surface area (Å²) in [6.07, 6.45) is 5.61. The van der Waals surface area contributed by atoms with E-state index < -0.39 is 6.04 Å². The second kappa shape index (κ2) is 7.40. The van der Waals surface area contributed by atoms with Gasteiger partial charge in [0.25, 0.3) is 0 Å². The van der Waals surface area contributed by atoms with Gasteiger partial charge in [0.15, 0.2) is 0 Å². The molecule has 25 heavy (non-hydrogen) atoms. The Kier molecular flexibility index (Phi) is 5.23. The van der Waals surface area contributed by atoms with Crippen LogP contribution in [0.2, 0.25) is 0 Å². The Morgan fingerprint density at radius 1 is 1.20 bits per heavy atom. The van der Waals surface area contributed by atoms with Gasteiger partial charge in [0.05, 0.1) is 12.1 Å². The summed E-state index contributed by atoms with van der Waals surface area (Å²) in [6.45, 7) is 5.16. The summed E-state index contributed by atoms with van der Waals surface area (Å²) < 4.78 is 0. The summed E-state index contributed by atoms with van der Waals surface area (Å²) in [4.78, 5) is 26.5. The quantitative estimate of drug-likeness (QED) is 0.777. The molecule has 0 unspecified atom stereocenters. The zero-order chi connectivity index (χ0) is 18.0. The highest BCUT2D eigenvalue weighted by atomic mass is 16.2. The van der Waals surface area contributed by atoms with Crippen molar-refractivity contribution in [3.8, 4) is 0 Å². The molecule has 2 aliphatic rings. The highest BCUT2D eigenvalue weighted by molar-refractivity contribution is 5.88. The molecule has 0 bridgehead atoms. The summed E-state index contributed by atoms with van der Waals surface area (Å²) >= 11 is 0. The zero-order valence-electron chi connectivity index (χ0n) is 14.9. The maximum absolute atomic E-state index is 12.5. The molecular formula is C20H27N3O2. The van der Waals surface area contributed by atoms with Crippen LogP contribution < -0.4 is 11.1 Å². The average molecular weight is 341 g/mol. The van der Waals surface area contributed by atoms with Gasteiger partial charge in [0.1, 0.15) is 0 Å². The molecule has 1 aliphatic heterocycles. The third-order valence-corrected chi connectivity index (χ3v) is 5.06. The van der Waals surface area contributed by atoms with E-state index in [0.29, 0.717) is 19.0 Å². The fraction of sp³-hybridized carbons (Fsp3) is 0.500. The number of benzene rings is 1. The Bertz CT molecular complexity index is 654. The van der Waals surface area contributed by atoms with Crippen LogP contribution >= 0.6 is 0 Å². The molecule has 1 aromatic rings. The highest BCUT2D eigenvalue weighted by Gasteiger charge is 2.32. The van der Waals surface area contributed by atoms with E-state index in [1.807, 2.05) is 37.0 Å². The molecule has 0 saturated heterocycles. The minimum Gasteiger partial charge on any atom is -0.348 e. The van der Waals surface area contributed by atoms with Gasteiger partial charge in [0.2, 0.25) is 11.8 Å². The van der Waals surface area contributed by atoms with Crippen molar-refractivity contribution >= 4 is 11.8 Å². The SMILES string of the molecule is CC(C)[C@H](N)C(=O)N[C@H](C=CC(=O)N1Cc2ccccc2C1)C1CC1. The predicted molar refractivity (Wildman–Crippen MR) is 97.3 cm³/mol. The second-order valence-electron chi connectivity index (χ2n) is 7.46. The van der Waals surface area contributed by atoms with Crippen LogP contribution in [-0.4, -0.2) is 28.8 Å². The second-order valence-corrected chi connectivity index (χ2v) is 7.46. The number of fused-ring (bicyclic) bond motifs is 1. The normalized spacial score (nSPS) is 19.1. The van der Waals surface area contributed by atoms with Crippen LogP contribution in [0.4, 0.5) is 0 Å². The minimum absolute atomic E-state index is 0.00995. The molecule has 3 N–H and O–H groups in total. The van der Waals surface area contributed by atoms with Crippen LogP contribution in [0.1, 0.15) is 37.8 Å². The number of hydrogen-bond acceptors (Lipinski definition) is 3. The maximum Gasteiger partial charge on any atom is 0.246 e. The van der Waals surface area contributed by atoms with Crippen molar-refractivity contribution in [1.29, 1.82) is 0 Å². The van der Waals surface area contributed by atoms with Gasteiger partial charge in [-0.05, 0) is 35.8 Å². The van der Waals surface area contributed by atoms with Crippen LogP contribution in [0.25, 0.3) is 0 Å². The summed E-state index contributed by atoms with van der Waals surface area (Å²) in [5, 5.41) is 3.00. The van der Waals surface area contributed by atoms with Crippen LogP contribution in [0.5, 0.6) is 0 Å². The molecule has 2 amide bonds. The van der Waals surface area contributed by atoms with Crippen LogP contribution in [0, 0.1) is 11.8 Å². The molecule has 1 aliphatic carbocycles. The van der Waals surface area contributed by atoms with Gasteiger partial charge in [-0.25, -0.2) is 0 Å². The van der Waals surface area contributed by atoms with E-state index in [1.54, 1.807) is 6.08 Å². The van der Waals surface area contributed by atoms with Gasteiger partial charge >= 0.3 is 0 Å². The van der Waals surface area contributed by atoms with Crippen LogP contribution in [0.15, 0.2) is 36.4 Å². The number of amides is 2. The summed E-state index contributed by atoms with van der Waals surface area (Å²) in [6, 6.07) is 7.50. The number of rotatable bonds is 6. The molecule has 1 saturated carbocycles. The summed E-state index contributed by atoms with van der Waals surface area (Å²) in [5.41, 5.74) is 8.34. The van der Waals surface area contributed by atoms with Crippen LogP contribution in [-0.2, 0) is 22.7 Å². The van der Waals surface area contributed by atoms with E-state index in [2.05, 4.69) is 17.4 Å². The lowest BCUT2D eigenvalue weighted by molar-refractivity contribution is -0.127. The first kappa shape index (κ1) is 17.7. The molecule has 1 heterocycles. The van der Waals surface area contributed by atoms with Gasteiger partial charge in [-0.2, -0.15) is 0 Å². The smallest absolute Gasteiger partial charge is 0.246 e. The van der Waals surface area contributed by atoms with Crippen molar-refractivity contribution in [3.05, 3.63) is 47.5 Å². The van der Waals surface area contributed by atoms with E-state index in [0.717, 1.165) is 12.8 Å². The lowest BCUT2D eigenvalue weighted by atomic mass is 10.0. The molecule has 1 fully saturated rings. The zero-order valence-corrected chi connectivity index (χ0v) is 14.9. The first-order valence-electron chi connectivity index (χ1n) is 9.05. The minimum atomic E-state index is -0.515. The number of nitrogens with zero attached hydrogens (tertiary/aromatic N) is 1. The van der Waals surface area contributed by atoms with Crippen molar-refractivity contribution in [3.63, 3.8) is 0 Å². The molecule has 0 aromatic heterocycles. The molecule has 3 rings (SSSR count). The van der Waals surface area contributed by atoms with Crippen LogP contribution in [0.3, 0.4) is 0 Å². The van der Waals surface area contributed by atoms with Gasteiger partial charge in [-0.15, -0.1) is 0 Å². The molecule has 0 spiro atoms. The Labute approximate surface area is 149 Å². The molecule has 5 heteroatoms. The van der Waals surface area contributed by atoms with Crippen molar-refractivity contribution in [1.82, 2.24) is 10.2 Å². The third-order valence-electron chi connectivity index (χ3n) is 5.06. The number of carbonyl (C=O) groups excluding carboxylic acids is 2. The van der Waals surface area contributed by atoms with Gasteiger partial charge < -0.3 is 16.0 Å². The molecule has 2 atom stereocenters. The van der Waals surface area contributed by atoms with Gasteiger partial charge in [0, 0.05) is 19.2 Å². The molecule has 0 radical (unpaired) electrons. The third kappa shape index (κ3) is 4.28. The Hall–Kier alpha value is -2.14. The van der Waals surface area contributed by atoms with E-state index in [9.17, 15) is 9.59 Å². The largest absolute Gasteiger partial charge is 0.348 e. The first-order valence-corrected chi connectivity index (χ1v) is 9.05. The fourth-order valence-corrected chi connectivity index (χ4v) is 3.12. The lowest BCUT2D eigenvalue weighted by Gasteiger charge is -2.20. The first-order chi connectivity index (χ1) is 12.0. The number of carbonyl (C=O) groups is 2. The van der Waals surface area contributed by atoms with Crippen molar-refractivity contribution < 1.29 is 9.59 Å².